The molecule has 130 valence electrons. The van der Waals surface area contributed by atoms with E-state index in [9.17, 15) is 9.90 Å². The van der Waals surface area contributed by atoms with Crippen LogP contribution in [0.2, 0.25) is 5.02 Å². The van der Waals surface area contributed by atoms with E-state index >= 15 is 0 Å². The third kappa shape index (κ3) is 2.75. The lowest BCUT2D eigenvalue weighted by Crippen LogP contribution is -2.59. The molecule has 4 saturated carbocycles. The van der Waals surface area contributed by atoms with Crippen molar-refractivity contribution in [3.63, 3.8) is 0 Å². The van der Waals surface area contributed by atoms with Crippen LogP contribution in [0.4, 0.5) is 0 Å². The van der Waals surface area contributed by atoms with E-state index in [0.29, 0.717) is 12.2 Å². The van der Waals surface area contributed by atoms with E-state index in [-0.39, 0.29) is 28.0 Å². The summed E-state index contributed by atoms with van der Waals surface area (Å²) in [4.78, 5) is 12.8. The van der Waals surface area contributed by atoms with Gasteiger partial charge in [-0.1, -0.05) is 11.6 Å². The maximum atomic E-state index is 12.8. The van der Waals surface area contributed by atoms with Crippen LogP contribution in [0, 0.1) is 17.8 Å². The highest BCUT2D eigenvalue weighted by atomic mass is 35.5. The number of aromatic hydroxyl groups is 1. The highest BCUT2D eigenvalue weighted by Crippen LogP contribution is 2.55. The summed E-state index contributed by atoms with van der Waals surface area (Å²) in [5.74, 6) is 2.38. The second-order valence-corrected chi connectivity index (χ2v) is 8.30. The molecule has 4 aliphatic rings. The molecule has 1 amide bonds. The molecule has 4 bridgehead atoms. The van der Waals surface area contributed by atoms with Gasteiger partial charge in [0, 0.05) is 11.1 Å². The number of phenols is 1. The number of carbonyl (C=O) groups excluding carboxylic acids is 1. The van der Waals surface area contributed by atoms with Gasteiger partial charge in [0.1, 0.15) is 0 Å². The summed E-state index contributed by atoms with van der Waals surface area (Å²) >= 11 is 6.06. The Morgan fingerprint density at radius 1 is 1.25 bits per heavy atom. The molecule has 0 radical (unpaired) electrons. The average molecular weight is 350 g/mol. The van der Waals surface area contributed by atoms with Gasteiger partial charge in [-0.2, -0.15) is 0 Å². The molecule has 4 aliphatic carbocycles. The van der Waals surface area contributed by atoms with Crippen LogP contribution in [0.25, 0.3) is 0 Å². The topological polar surface area (TPSA) is 58.6 Å². The van der Waals surface area contributed by atoms with Crippen molar-refractivity contribution in [1.82, 2.24) is 5.32 Å². The minimum atomic E-state index is -0.111. The zero-order valence-electron chi connectivity index (χ0n) is 14.0. The van der Waals surface area contributed by atoms with Gasteiger partial charge in [0.25, 0.3) is 5.91 Å². The normalized spacial score (nSPS) is 33.5. The second kappa shape index (κ2) is 5.83. The summed E-state index contributed by atoms with van der Waals surface area (Å²) in [6.07, 6.45) is 7.34. The summed E-state index contributed by atoms with van der Waals surface area (Å²) in [5, 5.41) is 13.4. The highest BCUT2D eigenvalue weighted by Gasteiger charge is 2.51. The van der Waals surface area contributed by atoms with Crippen molar-refractivity contribution in [1.29, 1.82) is 0 Å². The van der Waals surface area contributed by atoms with Gasteiger partial charge in [0.2, 0.25) is 0 Å². The zero-order valence-corrected chi connectivity index (χ0v) is 14.7. The number of halogens is 1. The average Bonchev–Trinajstić information content (AvgIpc) is 2.50. The molecule has 0 aromatic heterocycles. The zero-order chi connectivity index (χ0) is 16.9. The number of hydrogen-bond donors (Lipinski definition) is 2. The minimum absolute atomic E-state index is 0.0397. The molecule has 5 rings (SSSR count). The first-order valence-corrected chi connectivity index (χ1v) is 9.33. The summed E-state index contributed by atoms with van der Waals surface area (Å²) in [6.45, 7) is 2.24. The standard InChI is InChI=1S/C19H24ClNO3/c1-2-24-16-7-14(6-15(20)17(16)22)18(23)21-19-8-11-3-12(9-19)5-13(4-11)10-19/h6-7,11-13,22H,2-5,8-10H2,1H3,(H,21,23). The van der Waals surface area contributed by atoms with Crippen molar-refractivity contribution in [2.45, 2.75) is 51.0 Å². The lowest BCUT2D eigenvalue weighted by Gasteiger charge is -2.56. The number of carbonyl (C=O) groups is 1. The van der Waals surface area contributed by atoms with Crippen LogP contribution >= 0.6 is 11.6 Å². The van der Waals surface area contributed by atoms with Crippen LogP contribution in [0.3, 0.4) is 0 Å². The van der Waals surface area contributed by atoms with E-state index in [1.165, 1.54) is 25.3 Å². The number of hydrogen-bond acceptors (Lipinski definition) is 3. The Morgan fingerprint density at radius 3 is 2.38 bits per heavy atom. The first kappa shape index (κ1) is 16.1. The number of ether oxygens (including phenoxy) is 1. The maximum Gasteiger partial charge on any atom is 0.251 e. The van der Waals surface area contributed by atoms with Gasteiger partial charge in [-0.3, -0.25) is 4.79 Å². The second-order valence-electron chi connectivity index (χ2n) is 7.89. The quantitative estimate of drug-likeness (QED) is 0.858. The van der Waals surface area contributed by atoms with E-state index in [4.69, 9.17) is 16.3 Å². The third-order valence-electron chi connectivity index (χ3n) is 6.01. The number of nitrogens with one attached hydrogen (secondary N) is 1. The molecule has 0 aliphatic heterocycles. The molecule has 5 heteroatoms. The number of phenolic OH excluding ortho intramolecular Hbond substituents is 1. The van der Waals surface area contributed by atoms with Crippen molar-refractivity contribution in [2.75, 3.05) is 6.61 Å². The Hall–Kier alpha value is -1.42. The Kier molecular flexibility index (Phi) is 3.91. The van der Waals surface area contributed by atoms with E-state index in [0.717, 1.165) is 37.0 Å². The molecule has 1 aromatic rings. The molecule has 4 nitrogen and oxygen atoms in total. The van der Waals surface area contributed by atoms with Gasteiger partial charge in [-0.25, -0.2) is 0 Å². The van der Waals surface area contributed by atoms with E-state index in [2.05, 4.69) is 5.32 Å². The summed E-state index contributed by atoms with van der Waals surface area (Å²) < 4.78 is 5.39. The molecule has 4 fully saturated rings. The first-order valence-electron chi connectivity index (χ1n) is 8.96. The van der Waals surface area contributed by atoms with Crippen LogP contribution in [-0.2, 0) is 0 Å². The van der Waals surface area contributed by atoms with Crippen molar-refractivity contribution >= 4 is 17.5 Å². The molecule has 0 saturated heterocycles. The monoisotopic (exact) mass is 349 g/mol. The Bertz CT molecular complexity index is 638. The van der Waals surface area contributed by atoms with Crippen molar-refractivity contribution in [2.24, 2.45) is 17.8 Å². The van der Waals surface area contributed by atoms with Crippen molar-refractivity contribution in [3.05, 3.63) is 22.7 Å². The molecule has 24 heavy (non-hydrogen) atoms. The maximum absolute atomic E-state index is 12.8. The van der Waals surface area contributed by atoms with Crippen molar-refractivity contribution in [3.8, 4) is 11.5 Å². The van der Waals surface area contributed by atoms with Gasteiger partial charge < -0.3 is 15.2 Å². The lowest BCUT2D eigenvalue weighted by atomic mass is 9.53. The van der Waals surface area contributed by atoms with Crippen LogP contribution in [0.15, 0.2) is 12.1 Å². The Labute approximate surface area is 147 Å². The van der Waals surface area contributed by atoms with E-state index in [1.807, 2.05) is 6.92 Å². The van der Waals surface area contributed by atoms with Gasteiger partial charge in [-0.15, -0.1) is 0 Å². The summed E-state index contributed by atoms with van der Waals surface area (Å²) in [7, 11) is 0. The predicted molar refractivity (Wildman–Crippen MR) is 92.7 cm³/mol. The number of rotatable bonds is 4. The lowest BCUT2D eigenvalue weighted by molar-refractivity contribution is -0.0167. The smallest absolute Gasteiger partial charge is 0.251 e. The first-order chi connectivity index (χ1) is 11.5. The molecule has 0 unspecified atom stereocenters. The van der Waals surface area contributed by atoms with Crippen LogP contribution in [0.5, 0.6) is 11.5 Å². The predicted octanol–water partition coefficient (Wildman–Crippen LogP) is 4.14. The fourth-order valence-corrected chi connectivity index (χ4v) is 5.76. The van der Waals surface area contributed by atoms with Crippen molar-refractivity contribution < 1.29 is 14.6 Å². The molecular formula is C19H24ClNO3. The highest BCUT2D eigenvalue weighted by molar-refractivity contribution is 6.32. The molecule has 0 heterocycles. The van der Waals surface area contributed by atoms with Crippen LogP contribution in [-0.4, -0.2) is 23.2 Å². The van der Waals surface area contributed by atoms with Gasteiger partial charge >= 0.3 is 0 Å². The third-order valence-corrected chi connectivity index (χ3v) is 6.30. The van der Waals surface area contributed by atoms with Gasteiger partial charge in [0.15, 0.2) is 11.5 Å². The van der Waals surface area contributed by atoms with Crippen LogP contribution < -0.4 is 10.1 Å². The molecule has 1 aromatic carbocycles. The molecule has 2 N–H and O–H groups in total. The van der Waals surface area contributed by atoms with Gasteiger partial charge in [0.05, 0.1) is 11.6 Å². The Balaban J connectivity index is 1.56. The molecule has 0 atom stereocenters. The van der Waals surface area contributed by atoms with Gasteiger partial charge in [-0.05, 0) is 75.3 Å². The van der Waals surface area contributed by atoms with E-state index in [1.54, 1.807) is 6.07 Å². The SMILES string of the molecule is CCOc1cc(C(=O)NC23CC4CC(CC(C4)C2)C3)cc(Cl)c1O. The number of amides is 1. The molecule has 0 spiro atoms. The minimum Gasteiger partial charge on any atom is -0.503 e. The largest absolute Gasteiger partial charge is 0.503 e. The summed E-state index contributed by atoms with van der Waals surface area (Å²) in [6, 6.07) is 3.11. The summed E-state index contributed by atoms with van der Waals surface area (Å²) in [5.41, 5.74) is 0.416. The van der Waals surface area contributed by atoms with E-state index < -0.39 is 0 Å². The fourth-order valence-electron chi connectivity index (χ4n) is 5.55. The fraction of sp³-hybridized carbons (Fsp3) is 0.632. The Morgan fingerprint density at radius 2 is 1.83 bits per heavy atom. The number of benzene rings is 1. The van der Waals surface area contributed by atoms with Crippen LogP contribution in [0.1, 0.15) is 55.8 Å². The molecular weight excluding hydrogens is 326 g/mol.